The van der Waals surface area contributed by atoms with Crippen LogP contribution in [0.15, 0.2) is 12.3 Å². The maximum Gasteiger partial charge on any atom is 0.220 e. The number of carbonyl (C=O) groups is 1. The van der Waals surface area contributed by atoms with Crippen LogP contribution in [0, 0.1) is 0 Å². The van der Waals surface area contributed by atoms with Gasteiger partial charge in [0.15, 0.2) is 0 Å². The number of hydrogen-bond acceptors (Lipinski definition) is 3. The van der Waals surface area contributed by atoms with Crippen molar-refractivity contribution < 1.29 is 4.79 Å². The molecule has 1 aromatic heterocycles. The summed E-state index contributed by atoms with van der Waals surface area (Å²) in [4.78, 5) is 11.4. The summed E-state index contributed by atoms with van der Waals surface area (Å²) in [5.74, 6) is 0.688. The number of nitrogens with one attached hydrogen (secondary N) is 1. The quantitative estimate of drug-likeness (QED) is 0.750. The molecule has 0 bridgehead atoms. The van der Waals surface area contributed by atoms with Crippen molar-refractivity contribution in [1.29, 1.82) is 0 Å². The predicted molar refractivity (Wildman–Crippen MR) is 65.6 cm³/mol. The Morgan fingerprint density at radius 2 is 2.44 bits per heavy atom. The zero-order valence-electron chi connectivity index (χ0n) is 9.44. The molecule has 1 aromatic rings. The zero-order chi connectivity index (χ0) is 11.6. The minimum atomic E-state index is 0.0865. The summed E-state index contributed by atoms with van der Waals surface area (Å²) in [7, 11) is 1.95. The minimum absolute atomic E-state index is 0.0865. The molecule has 1 saturated carbocycles. The number of aromatic nitrogens is 2. The molecule has 1 N–H and O–H groups in total. The summed E-state index contributed by atoms with van der Waals surface area (Å²) in [6, 6.07) is 2.04. The van der Waals surface area contributed by atoms with Crippen LogP contribution in [0.1, 0.15) is 25.0 Å². The van der Waals surface area contributed by atoms with Crippen molar-refractivity contribution >= 4 is 18.5 Å². The van der Waals surface area contributed by atoms with Gasteiger partial charge >= 0.3 is 0 Å². The molecule has 0 saturated heterocycles. The van der Waals surface area contributed by atoms with Crippen LogP contribution in [0.2, 0.25) is 0 Å². The van der Waals surface area contributed by atoms with Crippen molar-refractivity contribution in [2.45, 2.75) is 24.7 Å². The fourth-order valence-corrected chi connectivity index (χ4v) is 2.23. The fraction of sp³-hybridized carbons (Fsp3) is 0.636. The second-order valence-electron chi connectivity index (χ2n) is 4.37. The molecule has 4 nitrogen and oxygen atoms in total. The molecule has 1 fully saturated rings. The molecular weight excluding hydrogens is 222 g/mol. The van der Waals surface area contributed by atoms with E-state index >= 15 is 0 Å². The molecule has 0 unspecified atom stereocenters. The normalized spacial score (nSPS) is 17.1. The predicted octanol–water partition coefficient (Wildman–Crippen LogP) is 0.888. The Kier molecular flexibility index (Phi) is 3.23. The first-order valence-electron chi connectivity index (χ1n) is 5.54. The first kappa shape index (κ1) is 11.5. The van der Waals surface area contributed by atoms with E-state index < -0.39 is 0 Å². The number of amides is 1. The van der Waals surface area contributed by atoms with Gasteiger partial charge in [0.1, 0.15) is 0 Å². The molecule has 1 aliphatic carbocycles. The Labute approximate surface area is 101 Å². The zero-order valence-corrected chi connectivity index (χ0v) is 10.3. The lowest BCUT2D eigenvalue weighted by molar-refractivity contribution is -0.120. The van der Waals surface area contributed by atoms with Crippen molar-refractivity contribution in [1.82, 2.24) is 15.1 Å². The van der Waals surface area contributed by atoms with Crippen LogP contribution in [0.4, 0.5) is 0 Å². The van der Waals surface area contributed by atoms with Crippen LogP contribution in [-0.4, -0.2) is 28.0 Å². The SMILES string of the molecule is Cn1nccc1C1(CNC(=O)CCS)CC1. The Morgan fingerprint density at radius 3 is 2.94 bits per heavy atom. The van der Waals surface area contributed by atoms with E-state index in [1.54, 1.807) is 0 Å². The Hall–Kier alpha value is -0.970. The van der Waals surface area contributed by atoms with Crippen molar-refractivity contribution in [2.75, 3.05) is 12.3 Å². The molecule has 0 radical (unpaired) electrons. The summed E-state index contributed by atoms with van der Waals surface area (Å²) >= 11 is 4.04. The molecule has 2 rings (SSSR count). The third kappa shape index (κ3) is 2.24. The Bertz CT molecular complexity index is 384. The van der Waals surface area contributed by atoms with Gasteiger partial charge in [-0.1, -0.05) is 0 Å². The van der Waals surface area contributed by atoms with E-state index in [0.29, 0.717) is 12.2 Å². The average Bonchev–Trinajstić information content (AvgIpc) is 2.92. The number of nitrogens with zero attached hydrogens (tertiary/aromatic N) is 2. The first-order chi connectivity index (χ1) is 7.68. The summed E-state index contributed by atoms with van der Waals surface area (Å²) in [6.45, 7) is 0.721. The Morgan fingerprint density at radius 1 is 1.69 bits per heavy atom. The van der Waals surface area contributed by atoms with Crippen LogP contribution in [0.25, 0.3) is 0 Å². The molecule has 0 atom stereocenters. The van der Waals surface area contributed by atoms with Gasteiger partial charge in [0.05, 0.1) is 0 Å². The Balaban J connectivity index is 1.95. The molecule has 1 heterocycles. The molecule has 1 amide bonds. The fourth-order valence-electron chi connectivity index (χ4n) is 2.03. The molecular formula is C11H17N3OS. The van der Waals surface area contributed by atoms with E-state index in [-0.39, 0.29) is 11.3 Å². The van der Waals surface area contributed by atoms with Crippen LogP contribution in [-0.2, 0) is 17.3 Å². The van der Waals surface area contributed by atoms with E-state index in [1.165, 1.54) is 5.69 Å². The third-order valence-electron chi connectivity index (χ3n) is 3.18. The number of aryl methyl sites for hydroxylation is 1. The highest BCUT2D eigenvalue weighted by Gasteiger charge is 2.46. The summed E-state index contributed by atoms with van der Waals surface area (Å²) < 4.78 is 1.90. The van der Waals surface area contributed by atoms with Gasteiger partial charge in [0, 0.05) is 37.3 Å². The molecule has 0 aliphatic heterocycles. The second kappa shape index (κ2) is 4.49. The van der Waals surface area contributed by atoms with E-state index in [0.717, 1.165) is 19.4 Å². The molecule has 0 spiro atoms. The summed E-state index contributed by atoms with van der Waals surface area (Å²) in [5, 5.41) is 7.15. The van der Waals surface area contributed by atoms with Gasteiger partial charge in [0.2, 0.25) is 5.91 Å². The highest BCUT2D eigenvalue weighted by molar-refractivity contribution is 7.80. The van der Waals surface area contributed by atoms with Crippen molar-refractivity contribution in [3.05, 3.63) is 18.0 Å². The summed E-state index contributed by atoms with van der Waals surface area (Å²) in [6.07, 6.45) is 4.57. The molecule has 5 heteroatoms. The van der Waals surface area contributed by atoms with E-state index in [2.05, 4.69) is 23.0 Å². The molecule has 1 aliphatic rings. The van der Waals surface area contributed by atoms with Gasteiger partial charge in [-0.05, 0) is 24.7 Å². The maximum absolute atomic E-state index is 11.4. The average molecular weight is 239 g/mol. The van der Waals surface area contributed by atoms with Gasteiger partial charge < -0.3 is 5.32 Å². The highest BCUT2D eigenvalue weighted by atomic mass is 32.1. The van der Waals surface area contributed by atoms with Gasteiger partial charge in [-0.25, -0.2) is 0 Å². The van der Waals surface area contributed by atoms with Gasteiger partial charge in [0.25, 0.3) is 0 Å². The lowest BCUT2D eigenvalue weighted by Crippen LogP contribution is -2.33. The lowest BCUT2D eigenvalue weighted by atomic mass is 10.0. The number of thiol groups is 1. The van der Waals surface area contributed by atoms with Crippen molar-refractivity contribution in [2.24, 2.45) is 7.05 Å². The van der Waals surface area contributed by atoms with Crippen LogP contribution in [0.5, 0.6) is 0 Å². The van der Waals surface area contributed by atoms with E-state index in [4.69, 9.17) is 0 Å². The van der Waals surface area contributed by atoms with Crippen LogP contribution < -0.4 is 5.32 Å². The van der Waals surface area contributed by atoms with E-state index in [1.807, 2.05) is 24.0 Å². The van der Waals surface area contributed by atoms with Gasteiger partial charge in [-0.2, -0.15) is 17.7 Å². The number of carbonyl (C=O) groups excluding carboxylic acids is 1. The largest absolute Gasteiger partial charge is 0.355 e. The number of rotatable bonds is 5. The molecule has 88 valence electrons. The van der Waals surface area contributed by atoms with Crippen LogP contribution in [0.3, 0.4) is 0 Å². The van der Waals surface area contributed by atoms with Gasteiger partial charge in [-0.3, -0.25) is 9.48 Å². The smallest absolute Gasteiger partial charge is 0.220 e. The topological polar surface area (TPSA) is 46.9 Å². The second-order valence-corrected chi connectivity index (χ2v) is 4.82. The van der Waals surface area contributed by atoms with Crippen molar-refractivity contribution in [3.8, 4) is 0 Å². The lowest BCUT2D eigenvalue weighted by Gasteiger charge is -2.16. The summed E-state index contributed by atoms with van der Waals surface area (Å²) in [5.41, 5.74) is 1.36. The standard InChI is InChI=1S/C11H17N3OS/c1-14-9(2-6-13-14)11(4-5-11)8-12-10(15)3-7-16/h2,6,16H,3-5,7-8H2,1H3,(H,12,15). The minimum Gasteiger partial charge on any atom is -0.355 e. The van der Waals surface area contributed by atoms with E-state index in [9.17, 15) is 4.79 Å². The molecule has 0 aromatic carbocycles. The number of hydrogen-bond donors (Lipinski definition) is 2. The highest BCUT2D eigenvalue weighted by Crippen LogP contribution is 2.47. The first-order valence-corrected chi connectivity index (χ1v) is 6.17. The molecule has 16 heavy (non-hydrogen) atoms. The van der Waals surface area contributed by atoms with Crippen molar-refractivity contribution in [3.63, 3.8) is 0 Å². The van der Waals surface area contributed by atoms with Crippen LogP contribution >= 0.6 is 12.6 Å². The third-order valence-corrected chi connectivity index (χ3v) is 3.40. The van der Waals surface area contributed by atoms with Gasteiger partial charge in [-0.15, -0.1) is 0 Å². The monoisotopic (exact) mass is 239 g/mol. The maximum atomic E-state index is 11.4.